The zero-order valence-electron chi connectivity index (χ0n) is 19.5. The number of rotatable bonds is 5. The molecule has 1 amide bonds. The monoisotopic (exact) mass is 459 g/mol. The Bertz CT molecular complexity index is 1150. The zero-order chi connectivity index (χ0) is 23.5. The fraction of sp³-hybridized carbons (Fsp3) is 0.407. The molecular weight excluding hydrogens is 426 g/mol. The Kier molecular flexibility index (Phi) is 6.28. The van der Waals surface area contributed by atoms with Crippen molar-refractivity contribution in [1.82, 2.24) is 20.1 Å². The summed E-state index contributed by atoms with van der Waals surface area (Å²) in [5, 5.41) is 24.7. The van der Waals surface area contributed by atoms with Crippen LogP contribution in [0.2, 0.25) is 0 Å². The van der Waals surface area contributed by atoms with Gasteiger partial charge in [0.1, 0.15) is 0 Å². The zero-order valence-corrected chi connectivity index (χ0v) is 19.5. The van der Waals surface area contributed by atoms with Crippen LogP contribution >= 0.6 is 0 Å². The van der Waals surface area contributed by atoms with Gasteiger partial charge in [-0.1, -0.05) is 55.3 Å². The predicted octanol–water partition coefficient (Wildman–Crippen LogP) is 3.41. The molecule has 178 valence electrons. The number of guanidine groups is 1. The van der Waals surface area contributed by atoms with Gasteiger partial charge in [-0.15, -0.1) is 0 Å². The molecule has 5 rings (SSSR count). The van der Waals surface area contributed by atoms with E-state index in [1.165, 1.54) is 0 Å². The second-order valence-corrected chi connectivity index (χ2v) is 9.45. The second-order valence-electron chi connectivity index (χ2n) is 9.45. The van der Waals surface area contributed by atoms with E-state index in [0.717, 1.165) is 42.1 Å². The smallest absolute Gasteiger partial charge is 0.259 e. The minimum atomic E-state index is -1.47. The summed E-state index contributed by atoms with van der Waals surface area (Å²) in [6.07, 6.45) is 5.79. The number of carbonyl (C=O) groups is 1. The molecule has 0 unspecified atom stereocenters. The Labute approximate surface area is 200 Å². The van der Waals surface area contributed by atoms with Gasteiger partial charge >= 0.3 is 0 Å². The average molecular weight is 460 g/mol. The minimum Gasteiger partial charge on any atom is -0.375 e. The van der Waals surface area contributed by atoms with Gasteiger partial charge in [-0.3, -0.25) is 10.2 Å². The first-order valence-corrected chi connectivity index (χ1v) is 12.3. The van der Waals surface area contributed by atoms with Crippen molar-refractivity contribution in [3.63, 3.8) is 0 Å². The molecule has 7 heteroatoms. The predicted molar refractivity (Wildman–Crippen MR) is 133 cm³/mol. The van der Waals surface area contributed by atoms with Crippen molar-refractivity contribution in [3.05, 3.63) is 71.9 Å². The second kappa shape index (κ2) is 9.50. The maximum Gasteiger partial charge on any atom is 0.259 e. The number of hydrogen-bond donors (Lipinski definition) is 4. The highest BCUT2D eigenvalue weighted by molar-refractivity contribution is 5.87. The van der Waals surface area contributed by atoms with Gasteiger partial charge < -0.3 is 25.2 Å². The largest absolute Gasteiger partial charge is 0.375 e. The molecule has 1 saturated heterocycles. The molecule has 1 aromatic heterocycles. The van der Waals surface area contributed by atoms with Crippen molar-refractivity contribution in [2.75, 3.05) is 26.2 Å². The number of piperazine rings is 1. The van der Waals surface area contributed by atoms with Gasteiger partial charge in [-0.2, -0.15) is 0 Å². The summed E-state index contributed by atoms with van der Waals surface area (Å²) >= 11 is 0. The van der Waals surface area contributed by atoms with Gasteiger partial charge in [0.25, 0.3) is 5.91 Å². The molecular formula is C27H33N5O2. The average Bonchev–Trinajstić information content (AvgIpc) is 3.60. The van der Waals surface area contributed by atoms with Crippen LogP contribution in [0.4, 0.5) is 0 Å². The van der Waals surface area contributed by atoms with Gasteiger partial charge in [0, 0.05) is 55.7 Å². The number of aliphatic hydroxyl groups is 1. The molecule has 1 aliphatic carbocycles. The molecule has 0 spiro atoms. The molecule has 1 saturated carbocycles. The van der Waals surface area contributed by atoms with Crippen molar-refractivity contribution in [2.24, 2.45) is 5.92 Å². The van der Waals surface area contributed by atoms with Crippen LogP contribution in [0, 0.1) is 11.3 Å². The number of carbonyl (C=O) groups excluding carboxylic acids is 1. The molecule has 1 atom stereocenters. The fourth-order valence-corrected chi connectivity index (χ4v) is 5.54. The van der Waals surface area contributed by atoms with Crippen molar-refractivity contribution in [1.29, 1.82) is 5.41 Å². The molecule has 0 radical (unpaired) electrons. The first-order chi connectivity index (χ1) is 16.6. The van der Waals surface area contributed by atoms with Crippen molar-refractivity contribution in [3.8, 4) is 0 Å². The van der Waals surface area contributed by atoms with Crippen LogP contribution in [0.5, 0.6) is 0 Å². The summed E-state index contributed by atoms with van der Waals surface area (Å²) < 4.78 is 0. The summed E-state index contributed by atoms with van der Waals surface area (Å²) in [4.78, 5) is 20.7. The highest BCUT2D eigenvalue weighted by atomic mass is 16.3. The summed E-state index contributed by atoms with van der Waals surface area (Å²) in [6, 6.07) is 17.6. The lowest BCUT2D eigenvalue weighted by atomic mass is 9.79. The van der Waals surface area contributed by atoms with Crippen molar-refractivity contribution in [2.45, 2.75) is 37.8 Å². The highest BCUT2D eigenvalue weighted by Crippen LogP contribution is 2.42. The third-order valence-corrected chi connectivity index (χ3v) is 7.50. The molecule has 2 fully saturated rings. The number of nitrogens with zero attached hydrogens (tertiary/aromatic N) is 2. The lowest BCUT2D eigenvalue weighted by Crippen LogP contribution is -2.58. The molecule has 1 aliphatic heterocycles. The van der Waals surface area contributed by atoms with E-state index in [0.29, 0.717) is 44.2 Å². The number of hydrogen-bond acceptors (Lipinski definition) is 3. The maximum absolute atomic E-state index is 13.7. The van der Waals surface area contributed by atoms with E-state index in [1.54, 1.807) is 4.90 Å². The maximum atomic E-state index is 13.7. The van der Waals surface area contributed by atoms with Gasteiger partial charge in [-0.05, 0) is 36.1 Å². The molecule has 0 bridgehead atoms. The molecule has 2 aliphatic rings. The minimum absolute atomic E-state index is 0.0449. The van der Waals surface area contributed by atoms with Gasteiger partial charge in [-0.25, -0.2) is 0 Å². The summed E-state index contributed by atoms with van der Waals surface area (Å²) in [5.74, 6) is 0.133. The SMILES string of the molecule is N=C(NCc1cccc2[nH]ccc12)N1CCN(C(=O)[C@](O)(c2ccccc2)C2CCCC2)CC1. The molecule has 7 nitrogen and oxygen atoms in total. The normalized spacial score (nSPS) is 18.7. The quantitative estimate of drug-likeness (QED) is 0.347. The van der Waals surface area contributed by atoms with E-state index in [1.807, 2.05) is 53.6 Å². The van der Waals surface area contributed by atoms with Gasteiger partial charge in [0.15, 0.2) is 11.6 Å². The van der Waals surface area contributed by atoms with Crippen LogP contribution in [0.1, 0.15) is 36.8 Å². The van der Waals surface area contributed by atoms with E-state index < -0.39 is 5.60 Å². The van der Waals surface area contributed by atoms with E-state index >= 15 is 0 Å². The Morgan fingerprint density at radius 3 is 2.44 bits per heavy atom. The van der Waals surface area contributed by atoms with Gasteiger partial charge in [0.05, 0.1) is 0 Å². The lowest BCUT2D eigenvalue weighted by molar-refractivity contribution is -0.160. The Morgan fingerprint density at radius 1 is 1.00 bits per heavy atom. The first-order valence-electron chi connectivity index (χ1n) is 12.3. The van der Waals surface area contributed by atoms with Crippen LogP contribution in [-0.2, 0) is 16.9 Å². The third-order valence-electron chi connectivity index (χ3n) is 7.50. The fourth-order valence-electron chi connectivity index (χ4n) is 5.54. The lowest BCUT2D eigenvalue weighted by Gasteiger charge is -2.42. The van der Waals surface area contributed by atoms with E-state index in [2.05, 4.69) is 22.4 Å². The number of fused-ring (bicyclic) bond motifs is 1. The van der Waals surface area contributed by atoms with Gasteiger partial charge in [0.2, 0.25) is 0 Å². The number of aromatic amines is 1. The highest BCUT2D eigenvalue weighted by Gasteiger charge is 2.48. The van der Waals surface area contributed by atoms with Crippen molar-refractivity contribution < 1.29 is 9.90 Å². The Hall–Kier alpha value is -3.32. The summed E-state index contributed by atoms with van der Waals surface area (Å²) in [6.45, 7) is 2.71. The Morgan fingerprint density at radius 2 is 1.71 bits per heavy atom. The third kappa shape index (κ3) is 4.16. The molecule has 3 aromatic rings. The number of amides is 1. The van der Waals surface area contributed by atoms with E-state index in [4.69, 9.17) is 5.41 Å². The number of nitrogens with one attached hydrogen (secondary N) is 3. The van der Waals surface area contributed by atoms with Crippen LogP contribution in [0.15, 0.2) is 60.8 Å². The number of aromatic nitrogens is 1. The molecule has 34 heavy (non-hydrogen) atoms. The number of H-pyrrole nitrogens is 1. The number of benzene rings is 2. The van der Waals surface area contributed by atoms with E-state index in [-0.39, 0.29) is 11.8 Å². The van der Waals surface area contributed by atoms with Crippen LogP contribution in [0.3, 0.4) is 0 Å². The van der Waals surface area contributed by atoms with E-state index in [9.17, 15) is 9.90 Å². The van der Waals surface area contributed by atoms with Crippen molar-refractivity contribution >= 4 is 22.8 Å². The molecule has 2 aromatic carbocycles. The first kappa shape index (κ1) is 22.5. The standard InChI is InChI=1S/C27H33N5O2/c28-26(30-19-20-7-6-12-24-23(20)13-14-29-24)32-17-15-31(16-18-32)25(33)27(34,22-10-4-5-11-22)21-8-2-1-3-9-21/h1-3,6-9,12-14,22,29,34H,4-5,10-11,15-19H2,(H2,28,30)/t27-/m0/s1. The van der Waals surface area contributed by atoms with Crippen LogP contribution in [-0.4, -0.2) is 57.9 Å². The van der Waals surface area contributed by atoms with Crippen LogP contribution in [0.25, 0.3) is 10.9 Å². The topological polar surface area (TPSA) is 95.5 Å². The molecule has 4 N–H and O–H groups in total. The Balaban J connectivity index is 1.22. The molecule has 2 heterocycles. The summed E-state index contributed by atoms with van der Waals surface area (Å²) in [5.41, 5.74) is 1.46. The van der Waals surface area contributed by atoms with Crippen LogP contribution < -0.4 is 5.32 Å². The summed E-state index contributed by atoms with van der Waals surface area (Å²) in [7, 11) is 0.